The van der Waals surface area contributed by atoms with E-state index in [0.29, 0.717) is 24.0 Å². The fourth-order valence-corrected chi connectivity index (χ4v) is 1.56. The van der Waals surface area contributed by atoms with E-state index in [1.807, 2.05) is 6.92 Å². The van der Waals surface area contributed by atoms with Gasteiger partial charge in [0.1, 0.15) is 5.69 Å². The van der Waals surface area contributed by atoms with Crippen molar-refractivity contribution in [1.82, 2.24) is 14.9 Å². The highest BCUT2D eigenvalue weighted by Gasteiger charge is 2.18. The van der Waals surface area contributed by atoms with Crippen molar-refractivity contribution >= 4 is 11.7 Å². The molecule has 6 nitrogen and oxygen atoms in total. The van der Waals surface area contributed by atoms with Gasteiger partial charge in [0.2, 0.25) is 0 Å². The van der Waals surface area contributed by atoms with Gasteiger partial charge in [0.15, 0.2) is 5.82 Å². The molecule has 3 N–H and O–H groups in total. The first kappa shape index (κ1) is 14.4. The molecule has 0 aliphatic heterocycles. The van der Waals surface area contributed by atoms with Gasteiger partial charge in [0.25, 0.3) is 5.91 Å². The fourth-order valence-electron chi connectivity index (χ4n) is 1.56. The summed E-state index contributed by atoms with van der Waals surface area (Å²) in [6.07, 6.45) is 3.98. The molecule has 0 radical (unpaired) electrons. The molecule has 1 amide bonds. The number of hydrogen-bond donors (Lipinski definition) is 2. The molecular formula is C12H21N5O. The Morgan fingerprint density at radius 2 is 2.22 bits per heavy atom. The van der Waals surface area contributed by atoms with Crippen LogP contribution in [0.4, 0.5) is 5.82 Å². The zero-order chi connectivity index (χ0) is 13.5. The SMILES string of the molecule is CCC(C)CN(CC)C(=O)c1cncc(NN)n1. The Labute approximate surface area is 108 Å². The molecule has 0 aliphatic carbocycles. The van der Waals surface area contributed by atoms with E-state index in [2.05, 4.69) is 29.2 Å². The molecule has 0 saturated heterocycles. The highest BCUT2D eigenvalue weighted by Crippen LogP contribution is 2.09. The number of carbonyl (C=O) groups excluding carboxylic acids is 1. The van der Waals surface area contributed by atoms with E-state index in [1.165, 1.54) is 12.4 Å². The van der Waals surface area contributed by atoms with Crippen LogP contribution in [-0.4, -0.2) is 33.9 Å². The number of carbonyl (C=O) groups is 1. The van der Waals surface area contributed by atoms with Gasteiger partial charge in [-0.15, -0.1) is 0 Å². The number of amides is 1. The average molecular weight is 251 g/mol. The standard InChI is InChI=1S/C12H21N5O/c1-4-9(3)8-17(5-2)12(18)10-6-14-7-11(15-10)16-13/h6-7,9H,4-5,8,13H2,1-3H3,(H,15,16). The van der Waals surface area contributed by atoms with Crippen molar-refractivity contribution < 1.29 is 4.79 Å². The van der Waals surface area contributed by atoms with Crippen molar-refractivity contribution in [1.29, 1.82) is 0 Å². The summed E-state index contributed by atoms with van der Waals surface area (Å²) in [7, 11) is 0. The Hall–Kier alpha value is -1.69. The van der Waals surface area contributed by atoms with Crippen molar-refractivity contribution in [3.63, 3.8) is 0 Å². The molecule has 1 heterocycles. The van der Waals surface area contributed by atoms with E-state index in [9.17, 15) is 4.79 Å². The summed E-state index contributed by atoms with van der Waals surface area (Å²) >= 11 is 0. The van der Waals surface area contributed by atoms with E-state index in [0.717, 1.165) is 13.0 Å². The summed E-state index contributed by atoms with van der Waals surface area (Å²) in [5.41, 5.74) is 2.70. The monoisotopic (exact) mass is 251 g/mol. The molecule has 0 bridgehead atoms. The number of anilines is 1. The summed E-state index contributed by atoms with van der Waals surface area (Å²) in [6.45, 7) is 7.58. The van der Waals surface area contributed by atoms with Crippen LogP contribution in [0.25, 0.3) is 0 Å². The molecule has 0 saturated carbocycles. The maximum absolute atomic E-state index is 12.3. The molecule has 0 spiro atoms. The number of nitrogens with zero attached hydrogens (tertiary/aromatic N) is 3. The second-order valence-electron chi connectivity index (χ2n) is 4.29. The first-order valence-corrected chi connectivity index (χ1v) is 6.20. The van der Waals surface area contributed by atoms with Crippen LogP contribution in [0, 0.1) is 5.92 Å². The van der Waals surface area contributed by atoms with Gasteiger partial charge < -0.3 is 10.3 Å². The molecule has 6 heteroatoms. The lowest BCUT2D eigenvalue weighted by molar-refractivity contribution is 0.0734. The van der Waals surface area contributed by atoms with Gasteiger partial charge in [-0.3, -0.25) is 9.78 Å². The number of nitrogens with two attached hydrogens (primary N) is 1. The Morgan fingerprint density at radius 3 is 2.78 bits per heavy atom. The highest BCUT2D eigenvalue weighted by molar-refractivity contribution is 5.92. The Balaban J connectivity index is 2.82. The lowest BCUT2D eigenvalue weighted by atomic mass is 10.1. The largest absolute Gasteiger partial charge is 0.337 e. The average Bonchev–Trinajstić information content (AvgIpc) is 2.43. The smallest absolute Gasteiger partial charge is 0.274 e. The van der Waals surface area contributed by atoms with Crippen molar-refractivity contribution in [2.75, 3.05) is 18.5 Å². The molecule has 100 valence electrons. The van der Waals surface area contributed by atoms with Crippen molar-refractivity contribution in [3.05, 3.63) is 18.1 Å². The molecule has 1 rings (SSSR count). The van der Waals surface area contributed by atoms with E-state index in [4.69, 9.17) is 5.84 Å². The molecule has 1 unspecified atom stereocenters. The number of aromatic nitrogens is 2. The lowest BCUT2D eigenvalue weighted by Crippen LogP contribution is -2.35. The van der Waals surface area contributed by atoms with Crippen LogP contribution >= 0.6 is 0 Å². The predicted octanol–water partition coefficient (Wildman–Crippen LogP) is 1.27. The van der Waals surface area contributed by atoms with Gasteiger partial charge in [0, 0.05) is 13.1 Å². The third-order valence-corrected chi connectivity index (χ3v) is 2.90. The van der Waals surface area contributed by atoms with Gasteiger partial charge in [-0.1, -0.05) is 20.3 Å². The van der Waals surface area contributed by atoms with Gasteiger partial charge in [-0.05, 0) is 12.8 Å². The maximum Gasteiger partial charge on any atom is 0.274 e. The maximum atomic E-state index is 12.3. The molecule has 1 aromatic rings. The van der Waals surface area contributed by atoms with Crippen molar-refractivity contribution in [3.8, 4) is 0 Å². The summed E-state index contributed by atoms with van der Waals surface area (Å²) in [5.74, 6) is 6.00. The van der Waals surface area contributed by atoms with E-state index in [1.54, 1.807) is 4.90 Å². The number of hydrogen-bond acceptors (Lipinski definition) is 5. The Kier molecular flexibility index (Phi) is 5.51. The van der Waals surface area contributed by atoms with Gasteiger partial charge >= 0.3 is 0 Å². The number of rotatable bonds is 6. The second-order valence-corrected chi connectivity index (χ2v) is 4.29. The molecule has 18 heavy (non-hydrogen) atoms. The minimum Gasteiger partial charge on any atom is -0.337 e. The third-order valence-electron chi connectivity index (χ3n) is 2.90. The molecule has 1 atom stereocenters. The molecule has 1 aromatic heterocycles. The topological polar surface area (TPSA) is 84.1 Å². The van der Waals surface area contributed by atoms with Crippen molar-refractivity contribution in [2.45, 2.75) is 27.2 Å². The minimum atomic E-state index is -0.109. The van der Waals surface area contributed by atoms with Crippen LogP contribution in [0.2, 0.25) is 0 Å². The summed E-state index contributed by atoms with van der Waals surface area (Å²) in [4.78, 5) is 22.1. The minimum absolute atomic E-state index is 0.109. The summed E-state index contributed by atoms with van der Waals surface area (Å²) < 4.78 is 0. The van der Waals surface area contributed by atoms with Crippen LogP contribution in [0.1, 0.15) is 37.7 Å². The first-order chi connectivity index (χ1) is 8.62. The zero-order valence-corrected chi connectivity index (χ0v) is 11.2. The normalized spacial score (nSPS) is 12.0. The van der Waals surface area contributed by atoms with Gasteiger partial charge in [-0.25, -0.2) is 10.8 Å². The lowest BCUT2D eigenvalue weighted by Gasteiger charge is -2.23. The predicted molar refractivity (Wildman–Crippen MR) is 70.9 cm³/mol. The number of hydrazine groups is 1. The molecule has 0 aromatic carbocycles. The van der Waals surface area contributed by atoms with Crippen LogP contribution in [0.3, 0.4) is 0 Å². The van der Waals surface area contributed by atoms with Crippen molar-refractivity contribution in [2.24, 2.45) is 11.8 Å². The van der Waals surface area contributed by atoms with Gasteiger partial charge in [0.05, 0.1) is 12.4 Å². The third kappa shape index (κ3) is 3.66. The van der Waals surface area contributed by atoms with Crippen LogP contribution in [0.5, 0.6) is 0 Å². The van der Waals surface area contributed by atoms with Gasteiger partial charge in [-0.2, -0.15) is 0 Å². The fraction of sp³-hybridized carbons (Fsp3) is 0.583. The van der Waals surface area contributed by atoms with E-state index in [-0.39, 0.29) is 5.91 Å². The van der Waals surface area contributed by atoms with Crippen LogP contribution in [0.15, 0.2) is 12.4 Å². The highest BCUT2D eigenvalue weighted by atomic mass is 16.2. The summed E-state index contributed by atoms with van der Waals surface area (Å²) in [5, 5.41) is 0. The summed E-state index contributed by atoms with van der Waals surface area (Å²) in [6, 6.07) is 0. The molecule has 0 fully saturated rings. The quantitative estimate of drug-likeness (QED) is 0.587. The number of nitrogens with one attached hydrogen (secondary N) is 1. The van der Waals surface area contributed by atoms with E-state index >= 15 is 0 Å². The number of nitrogen functional groups attached to an aromatic ring is 1. The van der Waals surface area contributed by atoms with Crippen LogP contribution < -0.4 is 11.3 Å². The Morgan fingerprint density at radius 1 is 1.50 bits per heavy atom. The van der Waals surface area contributed by atoms with E-state index < -0.39 is 0 Å². The Bertz CT molecular complexity index is 396. The zero-order valence-electron chi connectivity index (χ0n) is 11.2. The second kappa shape index (κ2) is 6.90. The molecular weight excluding hydrogens is 230 g/mol. The first-order valence-electron chi connectivity index (χ1n) is 6.20. The van der Waals surface area contributed by atoms with Crippen LogP contribution in [-0.2, 0) is 0 Å². The molecule has 0 aliphatic rings.